The third-order valence-electron chi connectivity index (χ3n) is 2.08. The molecule has 1 heterocycles. The van der Waals surface area contributed by atoms with E-state index in [1.54, 1.807) is 19.2 Å². The molecule has 0 saturated carbocycles. The summed E-state index contributed by atoms with van der Waals surface area (Å²) in [7, 11) is 1.64. The minimum absolute atomic E-state index is 0.391. The molecule has 17 heavy (non-hydrogen) atoms. The number of para-hydroxylation sites is 1. The maximum Gasteiger partial charge on any atom is 0.132 e. The smallest absolute Gasteiger partial charge is 0.132 e. The molecular weight excluding hydrogens is 256 g/mol. The van der Waals surface area contributed by atoms with E-state index < -0.39 is 0 Å². The van der Waals surface area contributed by atoms with Crippen LogP contribution in [0.15, 0.2) is 46.3 Å². The third-order valence-corrected chi connectivity index (χ3v) is 3.25. The lowest BCUT2D eigenvalue weighted by Crippen LogP contribution is -1.90. The van der Waals surface area contributed by atoms with Crippen LogP contribution >= 0.6 is 23.4 Å². The fraction of sp³-hybridized carbons (Fsp3) is 0.0833. The molecule has 88 valence electrons. The molecule has 0 unspecified atom stereocenters. The van der Waals surface area contributed by atoms with Crippen molar-refractivity contribution in [3.8, 4) is 5.75 Å². The van der Waals surface area contributed by atoms with E-state index >= 15 is 0 Å². The van der Waals surface area contributed by atoms with Crippen LogP contribution in [-0.2, 0) is 0 Å². The number of benzene rings is 1. The van der Waals surface area contributed by atoms with E-state index in [2.05, 4.69) is 4.98 Å². The Labute approximate surface area is 109 Å². The molecule has 2 N–H and O–H groups in total. The Balaban J connectivity index is 2.31. The van der Waals surface area contributed by atoms with Crippen molar-refractivity contribution in [2.45, 2.75) is 9.92 Å². The Morgan fingerprint density at radius 3 is 2.76 bits per heavy atom. The number of hydrogen-bond acceptors (Lipinski definition) is 4. The number of nitrogens with zero attached hydrogens (tertiary/aromatic N) is 1. The van der Waals surface area contributed by atoms with E-state index in [1.807, 2.05) is 24.3 Å². The van der Waals surface area contributed by atoms with Gasteiger partial charge in [0.05, 0.1) is 12.0 Å². The summed E-state index contributed by atoms with van der Waals surface area (Å²) in [5.74, 6) is 0.804. The van der Waals surface area contributed by atoms with Crippen LogP contribution in [0.1, 0.15) is 0 Å². The number of methoxy groups -OCH3 is 1. The maximum absolute atomic E-state index is 5.85. The normalized spacial score (nSPS) is 10.2. The van der Waals surface area contributed by atoms with Crippen LogP contribution in [0.4, 0.5) is 5.69 Å². The standard InChI is InChI=1S/C12H11ClN2OS/c1-16-9-4-2-3-5-10(9)17-12-7-8(14)6-11(13)15-12/h2-7H,1H3,(H2,14,15). The molecule has 0 fully saturated rings. The summed E-state index contributed by atoms with van der Waals surface area (Å²) in [5.41, 5.74) is 6.31. The lowest BCUT2D eigenvalue weighted by molar-refractivity contribution is 0.405. The lowest BCUT2D eigenvalue weighted by Gasteiger charge is -2.07. The predicted octanol–water partition coefficient (Wildman–Crippen LogP) is 3.48. The highest BCUT2D eigenvalue weighted by molar-refractivity contribution is 7.99. The van der Waals surface area contributed by atoms with Gasteiger partial charge in [-0.05, 0) is 24.3 Å². The van der Waals surface area contributed by atoms with Gasteiger partial charge < -0.3 is 10.5 Å². The van der Waals surface area contributed by atoms with Crippen molar-refractivity contribution >= 4 is 29.1 Å². The molecule has 1 aromatic carbocycles. The van der Waals surface area contributed by atoms with Crippen molar-refractivity contribution in [2.75, 3.05) is 12.8 Å². The van der Waals surface area contributed by atoms with Crippen LogP contribution in [0.25, 0.3) is 0 Å². The minimum atomic E-state index is 0.391. The molecule has 0 aliphatic rings. The zero-order valence-corrected chi connectivity index (χ0v) is 10.8. The average molecular weight is 267 g/mol. The Morgan fingerprint density at radius 1 is 1.29 bits per heavy atom. The van der Waals surface area contributed by atoms with Crippen LogP contribution in [-0.4, -0.2) is 12.1 Å². The van der Waals surface area contributed by atoms with Crippen molar-refractivity contribution in [1.82, 2.24) is 4.98 Å². The monoisotopic (exact) mass is 266 g/mol. The first-order valence-electron chi connectivity index (χ1n) is 4.93. The molecule has 0 bridgehead atoms. The highest BCUT2D eigenvalue weighted by Crippen LogP contribution is 2.34. The van der Waals surface area contributed by atoms with E-state index in [1.165, 1.54) is 11.8 Å². The summed E-state index contributed by atoms with van der Waals surface area (Å²) >= 11 is 7.32. The first-order chi connectivity index (χ1) is 8.19. The van der Waals surface area contributed by atoms with Gasteiger partial charge in [-0.15, -0.1) is 0 Å². The first-order valence-corrected chi connectivity index (χ1v) is 6.12. The van der Waals surface area contributed by atoms with E-state index in [0.717, 1.165) is 15.7 Å². The van der Waals surface area contributed by atoms with Gasteiger partial charge >= 0.3 is 0 Å². The quantitative estimate of drug-likeness (QED) is 0.864. The van der Waals surface area contributed by atoms with Gasteiger partial charge in [0.1, 0.15) is 15.9 Å². The zero-order valence-electron chi connectivity index (χ0n) is 9.18. The molecule has 0 atom stereocenters. The molecule has 3 nitrogen and oxygen atoms in total. The average Bonchev–Trinajstić information content (AvgIpc) is 2.28. The number of nitrogen functional groups attached to an aromatic ring is 1. The molecular formula is C12H11ClN2OS. The van der Waals surface area contributed by atoms with Crippen LogP contribution in [0.5, 0.6) is 5.75 Å². The maximum atomic E-state index is 5.85. The van der Waals surface area contributed by atoms with Gasteiger partial charge in [-0.2, -0.15) is 0 Å². The molecule has 0 aliphatic carbocycles. The lowest BCUT2D eigenvalue weighted by atomic mass is 10.3. The second-order valence-electron chi connectivity index (χ2n) is 3.31. The molecule has 1 aromatic heterocycles. The number of nitrogens with two attached hydrogens (primary N) is 1. The van der Waals surface area contributed by atoms with Crippen LogP contribution in [0.3, 0.4) is 0 Å². The fourth-order valence-corrected chi connectivity index (χ4v) is 2.59. The number of rotatable bonds is 3. The highest BCUT2D eigenvalue weighted by Gasteiger charge is 2.06. The Morgan fingerprint density at radius 2 is 2.06 bits per heavy atom. The summed E-state index contributed by atoms with van der Waals surface area (Å²) in [4.78, 5) is 5.17. The number of pyridine rings is 1. The van der Waals surface area contributed by atoms with Gasteiger partial charge in [0.15, 0.2) is 0 Å². The van der Waals surface area contributed by atoms with E-state index in [0.29, 0.717) is 10.8 Å². The SMILES string of the molecule is COc1ccccc1Sc1cc(N)cc(Cl)n1. The number of ether oxygens (including phenoxy) is 1. The van der Waals surface area contributed by atoms with Crippen molar-refractivity contribution in [1.29, 1.82) is 0 Å². The van der Waals surface area contributed by atoms with Gasteiger partial charge in [0.2, 0.25) is 0 Å². The topological polar surface area (TPSA) is 48.1 Å². The van der Waals surface area contributed by atoms with Gasteiger partial charge in [-0.25, -0.2) is 4.98 Å². The van der Waals surface area contributed by atoms with Crippen molar-refractivity contribution in [3.63, 3.8) is 0 Å². The second-order valence-corrected chi connectivity index (χ2v) is 4.76. The van der Waals surface area contributed by atoms with Crippen molar-refractivity contribution < 1.29 is 4.74 Å². The van der Waals surface area contributed by atoms with Gasteiger partial charge in [0.25, 0.3) is 0 Å². The number of hydrogen-bond donors (Lipinski definition) is 1. The predicted molar refractivity (Wildman–Crippen MR) is 70.8 cm³/mol. The molecule has 2 aromatic rings. The summed E-state index contributed by atoms with van der Waals surface area (Å²) in [6.45, 7) is 0. The minimum Gasteiger partial charge on any atom is -0.496 e. The molecule has 0 spiro atoms. The third kappa shape index (κ3) is 3.05. The summed E-state index contributed by atoms with van der Waals surface area (Å²) in [5, 5.41) is 1.14. The summed E-state index contributed by atoms with van der Waals surface area (Å²) in [6, 6.07) is 11.1. The summed E-state index contributed by atoms with van der Waals surface area (Å²) in [6.07, 6.45) is 0. The fourth-order valence-electron chi connectivity index (χ4n) is 1.36. The molecule has 5 heteroatoms. The highest BCUT2D eigenvalue weighted by atomic mass is 35.5. The first kappa shape index (κ1) is 12.1. The van der Waals surface area contributed by atoms with E-state index in [9.17, 15) is 0 Å². The molecule has 0 saturated heterocycles. The van der Waals surface area contributed by atoms with Crippen LogP contribution < -0.4 is 10.5 Å². The van der Waals surface area contributed by atoms with Crippen molar-refractivity contribution in [3.05, 3.63) is 41.6 Å². The molecule has 0 amide bonds. The zero-order chi connectivity index (χ0) is 12.3. The molecule has 0 aliphatic heterocycles. The molecule has 2 rings (SSSR count). The molecule has 0 radical (unpaired) electrons. The largest absolute Gasteiger partial charge is 0.496 e. The van der Waals surface area contributed by atoms with Gasteiger partial charge in [-0.3, -0.25) is 0 Å². The van der Waals surface area contributed by atoms with Crippen LogP contribution in [0.2, 0.25) is 5.15 Å². The van der Waals surface area contributed by atoms with Crippen LogP contribution in [0, 0.1) is 0 Å². The number of anilines is 1. The van der Waals surface area contributed by atoms with E-state index in [4.69, 9.17) is 22.1 Å². The van der Waals surface area contributed by atoms with Crippen molar-refractivity contribution in [2.24, 2.45) is 0 Å². The Bertz CT molecular complexity index is 513. The summed E-state index contributed by atoms with van der Waals surface area (Å²) < 4.78 is 5.27. The van der Waals surface area contributed by atoms with Gasteiger partial charge in [-0.1, -0.05) is 35.5 Å². The van der Waals surface area contributed by atoms with E-state index in [-0.39, 0.29) is 0 Å². The Hall–Kier alpha value is -1.39. The Kier molecular flexibility index (Phi) is 3.76. The second kappa shape index (κ2) is 5.29. The van der Waals surface area contributed by atoms with Gasteiger partial charge in [0, 0.05) is 5.69 Å². The number of aromatic nitrogens is 1. The number of halogens is 1.